The first-order valence-electron chi connectivity index (χ1n) is 4.39. The number of rotatable bonds is 3. The molecule has 0 aromatic heterocycles. The molecule has 0 heterocycles. The van der Waals surface area contributed by atoms with Gasteiger partial charge in [-0.2, -0.15) is 11.8 Å². The van der Waals surface area contributed by atoms with Gasteiger partial charge in [0.1, 0.15) is 0 Å². The predicted molar refractivity (Wildman–Crippen MR) is 77.6 cm³/mol. The number of hydrogen-bond donors (Lipinski definition) is 2. The molecule has 0 fully saturated rings. The van der Waals surface area contributed by atoms with E-state index in [9.17, 15) is 4.79 Å². The molecule has 0 spiro atoms. The lowest BCUT2D eigenvalue weighted by molar-refractivity contribution is -0.113. The van der Waals surface area contributed by atoms with Crippen molar-refractivity contribution < 1.29 is 4.79 Å². The van der Waals surface area contributed by atoms with Gasteiger partial charge in [0, 0.05) is 4.47 Å². The molecule has 0 radical (unpaired) electrons. The second kappa shape index (κ2) is 7.04. The molecule has 1 amide bonds. The Hall–Kier alpha value is -0.390. The number of amides is 1. The summed E-state index contributed by atoms with van der Waals surface area (Å²) in [6.45, 7) is 1.91. The molecule has 0 unspecified atom stereocenters. The molecule has 0 saturated carbocycles. The first kappa shape index (κ1) is 15.6. The van der Waals surface area contributed by atoms with E-state index >= 15 is 0 Å². The molecule has 0 aliphatic carbocycles. The number of thioether (sulfide) groups is 1. The maximum atomic E-state index is 11.4. The van der Waals surface area contributed by atoms with Crippen LogP contribution in [0, 0.1) is 6.92 Å². The van der Waals surface area contributed by atoms with Gasteiger partial charge < -0.3 is 11.1 Å². The highest BCUT2D eigenvalue weighted by Crippen LogP contribution is 2.27. The number of aryl methyl sites for hydroxylation is 1. The average Bonchev–Trinajstić information content (AvgIpc) is 2.13. The first-order valence-corrected chi connectivity index (χ1v) is 6.57. The molecule has 0 saturated heterocycles. The zero-order valence-electron chi connectivity index (χ0n) is 9.04. The number of nitrogens with one attached hydrogen (secondary N) is 1. The van der Waals surface area contributed by atoms with Crippen molar-refractivity contribution in [1.29, 1.82) is 0 Å². The van der Waals surface area contributed by atoms with Gasteiger partial charge in [0.25, 0.3) is 0 Å². The molecular weight excluding hydrogens is 312 g/mol. The summed E-state index contributed by atoms with van der Waals surface area (Å²) in [7, 11) is 0. The molecule has 0 aliphatic heterocycles. The summed E-state index contributed by atoms with van der Waals surface area (Å²) < 4.78 is 0.911. The fourth-order valence-corrected chi connectivity index (χ4v) is 2.08. The number of hydrogen-bond acceptors (Lipinski definition) is 3. The first-order chi connectivity index (χ1) is 7.04. The molecule has 1 rings (SSSR count). The number of carbonyl (C=O) groups excluding carboxylic acids is 1. The van der Waals surface area contributed by atoms with Crippen LogP contribution in [-0.2, 0) is 4.79 Å². The summed E-state index contributed by atoms with van der Waals surface area (Å²) in [6.07, 6.45) is 1.88. The van der Waals surface area contributed by atoms with Crippen LogP contribution in [0.15, 0.2) is 16.6 Å². The van der Waals surface area contributed by atoms with Gasteiger partial charge in [-0.25, -0.2) is 0 Å². The van der Waals surface area contributed by atoms with E-state index in [-0.39, 0.29) is 18.3 Å². The molecule has 1 aromatic rings. The number of carbonyl (C=O) groups is 1. The lowest BCUT2D eigenvalue weighted by Gasteiger charge is -2.10. The van der Waals surface area contributed by atoms with Crippen molar-refractivity contribution in [3.8, 4) is 0 Å². The Morgan fingerprint density at radius 3 is 2.75 bits per heavy atom. The zero-order chi connectivity index (χ0) is 11.4. The number of benzene rings is 1. The highest BCUT2D eigenvalue weighted by molar-refractivity contribution is 9.10. The lowest BCUT2D eigenvalue weighted by Crippen LogP contribution is -2.15. The Balaban J connectivity index is 0.00000225. The SMILES string of the molecule is CSCC(=O)Nc1cc(Br)cc(C)c1N.Cl. The maximum Gasteiger partial charge on any atom is 0.234 e. The Morgan fingerprint density at radius 2 is 2.19 bits per heavy atom. The van der Waals surface area contributed by atoms with E-state index in [1.54, 1.807) is 6.07 Å². The summed E-state index contributed by atoms with van der Waals surface area (Å²) in [6, 6.07) is 3.72. The van der Waals surface area contributed by atoms with Gasteiger partial charge in [-0.15, -0.1) is 12.4 Å². The van der Waals surface area contributed by atoms with E-state index < -0.39 is 0 Å². The Labute approximate surface area is 114 Å². The molecule has 0 aliphatic rings. The Kier molecular flexibility index (Phi) is 6.87. The van der Waals surface area contributed by atoms with Crippen LogP contribution in [0.25, 0.3) is 0 Å². The van der Waals surface area contributed by atoms with Crippen molar-refractivity contribution in [2.24, 2.45) is 0 Å². The van der Waals surface area contributed by atoms with Crippen LogP contribution in [0.5, 0.6) is 0 Å². The fraction of sp³-hybridized carbons (Fsp3) is 0.300. The van der Waals surface area contributed by atoms with Crippen molar-refractivity contribution in [3.05, 3.63) is 22.2 Å². The molecular formula is C10H14BrClN2OS. The van der Waals surface area contributed by atoms with Gasteiger partial charge in [0.05, 0.1) is 17.1 Å². The fourth-order valence-electron chi connectivity index (χ4n) is 1.18. The van der Waals surface area contributed by atoms with Crippen molar-refractivity contribution in [1.82, 2.24) is 0 Å². The summed E-state index contributed by atoms with van der Waals surface area (Å²) >= 11 is 4.84. The second-order valence-electron chi connectivity index (χ2n) is 3.17. The minimum absolute atomic E-state index is 0. The monoisotopic (exact) mass is 324 g/mol. The van der Waals surface area contributed by atoms with Crippen LogP contribution in [0.3, 0.4) is 0 Å². The van der Waals surface area contributed by atoms with E-state index in [4.69, 9.17) is 5.73 Å². The number of halogens is 2. The molecule has 0 bridgehead atoms. The zero-order valence-corrected chi connectivity index (χ0v) is 12.3. The standard InChI is InChI=1S/C10H13BrN2OS.ClH/c1-6-3-7(11)4-8(10(6)12)13-9(14)5-15-2;/h3-4H,5,12H2,1-2H3,(H,13,14);1H. The average molecular weight is 326 g/mol. The number of nitrogens with two attached hydrogens (primary N) is 1. The molecule has 3 nitrogen and oxygen atoms in total. The summed E-state index contributed by atoms with van der Waals surface area (Å²) in [5.74, 6) is 0.400. The van der Waals surface area contributed by atoms with E-state index in [2.05, 4.69) is 21.2 Å². The lowest BCUT2D eigenvalue weighted by atomic mass is 10.2. The third-order valence-electron chi connectivity index (χ3n) is 1.90. The van der Waals surface area contributed by atoms with Crippen molar-refractivity contribution in [2.75, 3.05) is 23.1 Å². The molecule has 16 heavy (non-hydrogen) atoms. The minimum Gasteiger partial charge on any atom is -0.397 e. The van der Waals surface area contributed by atoms with Crippen LogP contribution < -0.4 is 11.1 Å². The highest BCUT2D eigenvalue weighted by Gasteiger charge is 2.07. The predicted octanol–water partition coefficient (Wildman–Crippen LogP) is 3.06. The Morgan fingerprint density at radius 1 is 1.56 bits per heavy atom. The second-order valence-corrected chi connectivity index (χ2v) is 4.95. The summed E-state index contributed by atoms with van der Waals surface area (Å²) in [5, 5.41) is 2.78. The molecule has 6 heteroatoms. The van der Waals surface area contributed by atoms with Crippen LogP contribution in [0.2, 0.25) is 0 Å². The van der Waals surface area contributed by atoms with Crippen molar-refractivity contribution in [3.63, 3.8) is 0 Å². The summed E-state index contributed by atoms with van der Waals surface area (Å²) in [5.41, 5.74) is 8.09. The van der Waals surface area contributed by atoms with Crippen LogP contribution >= 0.6 is 40.1 Å². The van der Waals surface area contributed by atoms with Gasteiger partial charge in [-0.05, 0) is 30.9 Å². The van der Waals surface area contributed by atoms with Crippen molar-refractivity contribution >= 4 is 57.4 Å². The largest absolute Gasteiger partial charge is 0.397 e. The number of nitrogen functional groups attached to an aromatic ring is 1. The molecule has 0 atom stereocenters. The van der Waals surface area contributed by atoms with E-state index in [0.29, 0.717) is 17.1 Å². The van der Waals surface area contributed by atoms with E-state index in [1.807, 2.05) is 19.2 Å². The van der Waals surface area contributed by atoms with Gasteiger partial charge >= 0.3 is 0 Å². The molecule has 3 N–H and O–H groups in total. The minimum atomic E-state index is -0.0355. The highest BCUT2D eigenvalue weighted by atomic mass is 79.9. The van der Waals surface area contributed by atoms with Gasteiger partial charge in [0.2, 0.25) is 5.91 Å². The smallest absolute Gasteiger partial charge is 0.234 e. The normalized spacial score (nSPS) is 9.44. The maximum absolute atomic E-state index is 11.4. The quantitative estimate of drug-likeness (QED) is 0.840. The van der Waals surface area contributed by atoms with Crippen LogP contribution in [0.4, 0.5) is 11.4 Å². The van der Waals surface area contributed by atoms with Crippen LogP contribution in [0.1, 0.15) is 5.56 Å². The van der Waals surface area contributed by atoms with Gasteiger partial charge in [-0.1, -0.05) is 15.9 Å². The van der Waals surface area contributed by atoms with Crippen molar-refractivity contribution in [2.45, 2.75) is 6.92 Å². The molecule has 1 aromatic carbocycles. The van der Waals surface area contributed by atoms with Crippen LogP contribution in [-0.4, -0.2) is 17.9 Å². The molecule has 90 valence electrons. The van der Waals surface area contributed by atoms with Gasteiger partial charge in [0.15, 0.2) is 0 Å². The Bertz CT molecular complexity index is 387. The summed E-state index contributed by atoms with van der Waals surface area (Å²) in [4.78, 5) is 11.4. The van der Waals surface area contributed by atoms with E-state index in [0.717, 1.165) is 10.0 Å². The van der Waals surface area contributed by atoms with E-state index in [1.165, 1.54) is 11.8 Å². The van der Waals surface area contributed by atoms with Gasteiger partial charge in [-0.3, -0.25) is 4.79 Å². The topological polar surface area (TPSA) is 55.1 Å². The third-order valence-corrected chi connectivity index (χ3v) is 2.91. The number of anilines is 2. The third kappa shape index (κ3) is 4.23.